The van der Waals surface area contributed by atoms with Crippen LogP contribution in [0.3, 0.4) is 0 Å². The first kappa shape index (κ1) is 21.7. The van der Waals surface area contributed by atoms with Crippen LogP contribution in [0.5, 0.6) is 11.5 Å². The molecular formula is C23H17ClN4O3S2. The molecule has 0 aliphatic rings. The lowest BCUT2D eigenvalue weighted by Crippen LogP contribution is -2.06. The summed E-state index contributed by atoms with van der Waals surface area (Å²) in [7, 11) is 3.09. The second-order valence-corrected chi connectivity index (χ2v) is 9.27. The minimum absolute atomic E-state index is 0.0982. The normalized spacial score (nSPS) is 11.2. The van der Waals surface area contributed by atoms with Gasteiger partial charge >= 0.3 is 0 Å². The summed E-state index contributed by atoms with van der Waals surface area (Å²) >= 11 is 8.89. The predicted molar refractivity (Wildman–Crippen MR) is 131 cm³/mol. The van der Waals surface area contributed by atoms with Crippen LogP contribution in [0.1, 0.15) is 10.4 Å². The lowest BCUT2D eigenvalue weighted by molar-refractivity contribution is 0.101. The van der Waals surface area contributed by atoms with Crippen LogP contribution < -0.4 is 9.47 Å². The number of ether oxygens (including phenoxy) is 2. The number of fused-ring (bicyclic) bond motifs is 3. The molecule has 0 aliphatic carbocycles. The molecular weight excluding hydrogens is 480 g/mol. The maximum absolute atomic E-state index is 12.9. The molecule has 0 amide bonds. The molecule has 0 aliphatic heterocycles. The summed E-state index contributed by atoms with van der Waals surface area (Å²) < 4.78 is 12.4. The Balaban J connectivity index is 1.47. The first-order chi connectivity index (χ1) is 16.1. The van der Waals surface area contributed by atoms with Crippen molar-refractivity contribution in [2.45, 2.75) is 5.16 Å². The van der Waals surface area contributed by atoms with E-state index in [1.165, 1.54) is 18.9 Å². The van der Waals surface area contributed by atoms with Crippen LogP contribution in [0.25, 0.3) is 27.0 Å². The smallest absolute Gasteiger partial charge is 0.197 e. The molecule has 5 aromatic rings. The van der Waals surface area contributed by atoms with Crippen molar-refractivity contribution in [1.29, 1.82) is 0 Å². The molecule has 3 aromatic heterocycles. The third-order valence-electron chi connectivity index (χ3n) is 5.14. The molecule has 0 saturated carbocycles. The Morgan fingerprint density at radius 2 is 1.94 bits per heavy atom. The Morgan fingerprint density at radius 3 is 2.70 bits per heavy atom. The van der Waals surface area contributed by atoms with Crippen LogP contribution in [0.15, 0.2) is 59.3 Å². The quantitative estimate of drug-likeness (QED) is 0.213. The fraction of sp³-hybridized carbons (Fsp3) is 0.130. The number of thiophene rings is 1. The minimum Gasteiger partial charge on any atom is -0.497 e. The van der Waals surface area contributed by atoms with Crippen LogP contribution in [0.2, 0.25) is 5.02 Å². The molecule has 0 spiro atoms. The highest BCUT2D eigenvalue weighted by Gasteiger charge is 2.19. The Hall–Kier alpha value is -3.14. The fourth-order valence-electron chi connectivity index (χ4n) is 3.50. The average Bonchev–Trinajstić information content (AvgIpc) is 3.46. The van der Waals surface area contributed by atoms with Gasteiger partial charge in [0.05, 0.1) is 30.9 Å². The molecule has 3 heterocycles. The molecule has 0 saturated heterocycles. The highest BCUT2D eigenvalue weighted by atomic mass is 35.5. The van der Waals surface area contributed by atoms with Gasteiger partial charge in [-0.15, -0.1) is 21.5 Å². The van der Waals surface area contributed by atoms with Gasteiger partial charge in [0.1, 0.15) is 22.7 Å². The summed E-state index contributed by atoms with van der Waals surface area (Å²) in [6, 6.07) is 12.8. The van der Waals surface area contributed by atoms with E-state index >= 15 is 0 Å². The Bertz CT molecular complexity index is 1480. The largest absolute Gasteiger partial charge is 0.497 e. The number of nitrogens with zero attached hydrogens (tertiary/aromatic N) is 4. The number of hydrogen-bond donors (Lipinski definition) is 0. The average molecular weight is 497 g/mol. The third kappa shape index (κ3) is 4.03. The molecule has 0 fully saturated rings. The van der Waals surface area contributed by atoms with E-state index in [2.05, 4.69) is 20.6 Å². The number of methoxy groups -OCH3 is 2. The fourth-order valence-corrected chi connectivity index (χ4v) is 5.32. The number of Topliss-reactive ketones (excluding diaryl/α,β-unsaturated/α-hetero) is 1. The zero-order valence-corrected chi connectivity index (χ0v) is 20.0. The second kappa shape index (κ2) is 9.01. The number of rotatable bonds is 7. The number of hydrogen-bond acceptors (Lipinski definition) is 8. The summed E-state index contributed by atoms with van der Waals surface area (Å²) in [6.45, 7) is 0. The summed E-state index contributed by atoms with van der Waals surface area (Å²) in [6.07, 6.45) is 1.69. The van der Waals surface area contributed by atoms with Gasteiger partial charge < -0.3 is 9.47 Å². The van der Waals surface area contributed by atoms with E-state index in [-0.39, 0.29) is 11.5 Å². The minimum atomic E-state index is -0.0982. The molecule has 0 N–H and O–H groups in total. The van der Waals surface area contributed by atoms with Gasteiger partial charge in [-0.25, -0.2) is 4.98 Å². The molecule has 0 unspecified atom stereocenters. The monoisotopic (exact) mass is 496 g/mol. The molecule has 2 aromatic carbocycles. The Morgan fingerprint density at radius 1 is 1.12 bits per heavy atom. The summed E-state index contributed by atoms with van der Waals surface area (Å²) in [4.78, 5) is 18.4. The van der Waals surface area contributed by atoms with Crippen molar-refractivity contribution in [2.24, 2.45) is 0 Å². The number of thioether (sulfide) groups is 1. The van der Waals surface area contributed by atoms with E-state index in [1.807, 2.05) is 28.7 Å². The number of benzene rings is 2. The lowest BCUT2D eigenvalue weighted by atomic mass is 10.1. The molecule has 7 nitrogen and oxygen atoms in total. The maximum Gasteiger partial charge on any atom is 0.197 e. The number of carbonyl (C=O) groups is 1. The first-order valence-corrected chi connectivity index (χ1v) is 12.1. The van der Waals surface area contributed by atoms with Crippen molar-refractivity contribution in [3.63, 3.8) is 0 Å². The lowest BCUT2D eigenvalue weighted by Gasteiger charge is -2.09. The maximum atomic E-state index is 12.9. The zero-order chi connectivity index (χ0) is 22.9. The van der Waals surface area contributed by atoms with Gasteiger partial charge in [0, 0.05) is 16.0 Å². The van der Waals surface area contributed by atoms with Crippen LogP contribution >= 0.6 is 34.7 Å². The Labute approximate surface area is 202 Å². The van der Waals surface area contributed by atoms with Crippen LogP contribution in [0, 0.1) is 0 Å². The highest BCUT2D eigenvalue weighted by molar-refractivity contribution is 7.99. The second-order valence-electron chi connectivity index (χ2n) is 7.04. The predicted octanol–water partition coefficient (Wildman–Crippen LogP) is 5.65. The van der Waals surface area contributed by atoms with Crippen molar-refractivity contribution in [3.8, 4) is 22.6 Å². The van der Waals surface area contributed by atoms with E-state index in [0.29, 0.717) is 32.9 Å². The molecule has 33 heavy (non-hydrogen) atoms. The molecule has 0 bridgehead atoms. The Kier molecular flexibility index (Phi) is 5.92. The summed E-state index contributed by atoms with van der Waals surface area (Å²) in [5.74, 6) is 1.16. The standard InChI is InChI=1S/C23H17ClN4O3S2/c1-30-15-7-8-19(31-2)16(9-15)18(29)11-33-23-27-26-21-20-17(13-3-5-14(24)6-4-13)10-32-22(20)25-12-28(21)23/h3-10,12H,11H2,1-2H3. The highest BCUT2D eigenvalue weighted by Crippen LogP contribution is 2.36. The van der Waals surface area contributed by atoms with E-state index in [1.54, 1.807) is 43.0 Å². The van der Waals surface area contributed by atoms with E-state index < -0.39 is 0 Å². The molecule has 5 rings (SSSR count). The number of ketones is 1. The van der Waals surface area contributed by atoms with Crippen molar-refractivity contribution in [3.05, 3.63) is 64.8 Å². The van der Waals surface area contributed by atoms with Gasteiger partial charge in [-0.05, 0) is 35.9 Å². The number of carbonyl (C=O) groups excluding carboxylic acids is 1. The van der Waals surface area contributed by atoms with Gasteiger partial charge in [0.25, 0.3) is 0 Å². The van der Waals surface area contributed by atoms with Crippen molar-refractivity contribution in [1.82, 2.24) is 19.6 Å². The molecule has 10 heteroatoms. The SMILES string of the molecule is COc1ccc(OC)c(C(=O)CSc2nnc3c4c(-c5ccc(Cl)cc5)csc4ncn23)c1. The summed E-state index contributed by atoms with van der Waals surface area (Å²) in [5, 5.41) is 13.0. The van der Waals surface area contributed by atoms with Gasteiger partial charge in [0.15, 0.2) is 16.6 Å². The number of aromatic nitrogens is 4. The molecule has 0 atom stereocenters. The topological polar surface area (TPSA) is 78.6 Å². The number of halogens is 1. The van der Waals surface area contributed by atoms with Gasteiger partial charge in [-0.2, -0.15) is 0 Å². The van der Waals surface area contributed by atoms with E-state index in [9.17, 15) is 4.79 Å². The first-order valence-electron chi connectivity index (χ1n) is 9.84. The zero-order valence-electron chi connectivity index (χ0n) is 17.6. The van der Waals surface area contributed by atoms with Crippen molar-refractivity contribution >= 4 is 56.3 Å². The summed E-state index contributed by atoms with van der Waals surface area (Å²) in [5.41, 5.74) is 3.20. The van der Waals surface area contributed by atoms with Crippen LogP contribution in [-0.2, 0) is 0 Å². The van der Waals surface area contributed by atoms with E-state index in [0.717, 1.165) is 21.3 Å². The van der Waals surface area contributed by atoms with E-state index in [4.69, 9.17) is 21.1 Å². The third-order valence-corrected chi connectivity index (χ3v) is 7.23. The van der Waals surface area contributed by atoms with Gasteiger partial charge in [0.2, 0.25) is 0 Å². The van der Waals surface area contributed by atoms with Crippen LogP contribution in [0.4, 0.5) is 0 Å². The van der Waals surface area contributed by atoms with Gasteiger partial charge in [-0.3, -0.25) is 9.20 Å². The van der Waals surface area contributed by atoms with Crippen LogP contribution in [-0.4, -0.2) is 45.3 Å². The molecule has 166 valence electrons. The van der Waals surface area contributed by atoms with Crippen molar-refractivity contribution in [2.75, 3.05) is 20.0 Å². The van der Waals surface area contributed by atoms with Crippen molar-refractivity contribution < 1.29 is 14.3 Å². The van der Waals surface area contributed by atoms with Gasteiger partial charge in [-0.1, -0.05) is 35.5 Å². The molecule has 0 radical (unpaired) electrons.